The molecule has 4 rings (SSSR count). The van der Waals surface area contributed by atoms with Crippen LogP contribution in [0, 0.1) is 0 Å². The average molecular weight is 429 g/mol. The Morgan fingerprint density at radius 1 is 1.19 bits per heavy atom. The third-order valence-corrected chi connectivity index (χ3v) is 4.85. The van der Waals surface area contributed by atoms with Crippen molar-refractivity contribution < 1.29 is 33.3 Å². The van der Waals surface area contributed by atoms with Crippen molar-refractivity contribution in [2.45, 2.75) is 12.3 Å². The number of amides is 1. The van der Waals surface area contributed by atoms with Crippen molar-refractivity contribution in [1.29, 1.82) is 0 Å². The van der Waals surface area contributed by atoms with Crippen LogP contribution >= 0.6 is 0 Å². The molecule has 2 atom stereocenters. The first-order valence-corrected chi connectivity index (χ1v) is 9.41. The third-order valence-electron chi connectivity index (χ3n) is 4.85. The van der Waals surface area contributed by atoms with Crippen LogP contribution < -0.4 is 15.6 Å². The number of ether oxygens (including phenoxy) is 4. The smallest absolute Gasteiger partial charge is 0.466 e. The molecule has 0 radical (unpaired) electrons. The summed E-state index contributed by atoms with van der Waals surface area (Å²) in [7, 11) is 1.15. The summed E-state index contributed by atoms with van der Waals surface area (Å²) in [4.78, 5) is 51.5. The highest BCUT2D eigenvalue weighted by molar-refractivity contribution is 5.97. The largest absolute Gasteiger partial charge is 0.515 e. The number of carbonyl (C=O) groups excluding carboxylic acids is 3. The number of rotatable bonds is 4. The standard InChI is InChI=1S/C20H19N3O8/c1-28-19(26)16(12-5-3-2-4-6-12)30-20(27)31-17-13(24)7-8-23-15(17)18(25)22-9-10-29-11-14(22)21-23/h2-8,14,16,21H,9-11H2,1H3/t14?,16-/m1/s1. The van der Waals surface area contributed by atoms with E-state index < -0.39 is 41.5 Å². The van der Waals surface area contributed by atoms with E-state index in [1.165, 1.54) is 15.8 Å². The monoisotopic (exact) mass is 429 g/mol. The van der Waals surface area contributed by atoms with Crippen molar-refractivity contribution in [1.82, 2.24) is 9.58 Å². The topological polar surface area (TPSA) is 125 Å². The molecule has 1 aromatic heterocycles. The van der Waals surface area contributed by atoms with Gasteiger partial charge in [0.25, 0.3) is 5.91 Å². The molecular formula is C20H19N3O8. The molecule has 2 aliphatic heterocycles. The van der Waals surface area contributed by atoms with E-state index in [9.17, 15) is 19.2 Å². The Kier molecular flexibility index (Phi) is 5.58. The molecule has 1 saturated heterocycles. The van der Waals surface area contributed by atoms with Crippen molar-refractivity contribution in [3.63, 3.8) is 0 Å². The maximum Gasteiger partial charge on any atom is 0.515 e. The molecule has 1 unspecified atom stereocenters. The predicted octanol–water partition coefficient (Wildman–Crippen LogP) is 0.634. The van der Waals surface area contributed by atoms with E-state index in [4.69, 9.17) is 14.2 Å². The van der Waals surface area contributed by atoms with Gasteiger partial charge >= 0.3 is 12.1 Å². The fourth-order valence-corrected chi connectivity index (χ4v) is 3.37. The van der Waals surface area contributed by atoms with Gasteiger partial charge in [-0.3, -0.25) is 14.3 Å². The Hall–Kier alpha value is -3.86. The number of pyridine rings is 1. The lowest BCUT2D eigenvalue weighted by atomic mass is 10.1. The zero-order chi connectivity index (χ0) is 22.0. The van der Waals surface area contributed by atoms with Gasteiger partial charge in [0, 0.05) is 24.4 Å². The molecule has 31 heavy (non-hydrogen) atoms. The van der Waals surface area contributed by atoms with E-state index in [0.29, 0.717) is 18.7 Å². The number of hydrogen-bond acceptors (Lipinski definition) is 9. The van der Waals surface area contributed by atoms with Crippen LogP contribution in [0.3, 0.4) is 0 Å². The van der Waals surface area contributed by atoms with Crippen LogP contribution in [0.4, 0.5) is 4.79 Å². The number of morpholine rings is 1. The van der Waals surface area contributed by atoms with E-state index in [-0.39, 0.29) is 12.3 Å². The van der Waals surface area contributed by atoms with Crippen LogP contribution in [0.15, 0.2) is 47.4 Å². The first-order chi connectivity index (χ1) is 15.0. The van der Waals surface area contributed by atoms with Crippen molar-refractivity contribution >= 4 is 18.0 Å². The van der Waals surface area contributed by atoms with Crippen LogP contribution in [-0.2, 0) is 19.0 Å². The molecule has 0 bridgehead atoms. The minimum atomic E-state index is -1.40. The second kappa shape index (κ2) is 8.48. The van der Waals surface area contributed by atoms with Crippen LogP contribution in [0.5, 0.6) is 5.75 Å². The maximum absolute atomic E-state index is 13.0. The number of nitrogens with one attached hydrogen (secondary N) is 1. The fraction of sp³-hybridized carbons (Fsp3) is 0.300. The summed E-state index contributed by atoms with van der Waals surface area (Å²) < 4.78 is 21.6. The van der Waals surface area contributed by atoms with Crippen molar-refractivity contribution in [2.75, 3.05) is 32.3 Å². The molecule has 1 N–H and O–H groups in total. The van der Waals surface area contributed by atoms with Gasteiger partial charge in [-0.1, -0.05) is 30.3 Å². The molecule has 3 heterocycles. The van der Waals surface area contributed by atoms with Gasteiger partial charge in [0.1, 0.15) is 6.17 Å². The third kappa shape index (κ3) is 3.94. The van der Waals surface area contributed by atoms with Crippen molar-refractivity contribution in [3.05, 3.63) is 64.1 Å². The second-order valence-electron chi connectivity index (χ2n) is 6.73. The van der Waals surface area contributed by atoms with Gasteiger partial charge in [-0.2, -0.15) is 0 Å². The highest BCUT2D eigenvalue weighted by atomic mass is 16.7. The van der Waals surface area contributed by atoms with E-state index >= 15 is 0 Å². The summed E-state index contributed by atoms with van der Waals surface area (Å²) in [6, 6.07) is 9.32. The molecule has 2 aromatic rings. The van der Waals surface area contributed by atoms with Gasteiger partial charge in [-0.15, -0.1) is 0 Å². The van der Waals surface area contributed by atoms with E-state index in [1.807, 2.05) is 0 Å². The predicted molar refractivity (Wildman–Crippen MR) is 104 cm³/mol. The van der Waals surface area contributed by atoms with E-state index in [2.05, 4.69) is 10.2 Å². The minimum absolute atomic E-state index is 0.156. The van der Waals surface area contributed by atoms with Gasteiger partial charge in [0.05, 0.1) is 20.3 Å². The molecule has 11 nitrogen and oxygen atoms in total. The molecule has 1 aromatic carbocycles. The van der Waals surface area contributed by atoms with Crippen LogP contribution in [-0.4, -0.2) is 60.6 Å². The van der Waals surface area contributed by atoms with Gasteiger partial charge in [-0.05, 0) is 0 Å². The number of esters is 1. The Balaban J connectivity index is 1.61. The summed E-state index contributed by atoms with van der Waals surface area (Å²) in [5, 5.41) is 0. The number of nitrogens with zero attached hydrogens (tertiary/aromatic N) is 2. The van der Waals surface area contributed by atoms with Gasteiger partial charge < -0.3 is 29.3 Å². The number of methoxy groups -OCH3 is 1. The zero-order valence-electron chi connectivity index (χ0n) is 16.5. The number of benzene rings is 1. The van der Waals surface area contributed by atoms with Crippen molar-refractivity contribution in [2.24, 2.45) is 0 Å². The lowest BCUT2D eigenvalue weighted by Gasteiger charge is -2.41. The lowest BCUT2D eigenvalue weighted by molar-refractivity contribution is -0.151. The quantitative estimate of drug-likeness (QED) is 0.697. The summed E-state index contributed by atoms with van der Waals surface area (Å²) in [5.41, 5.74) is 2.52. The van der Waals surface area contributed by atoms with Gasteiger partial charge in [-0.25, -0.2) is 9.59 Å². The summed E-state index contributed by atoms with van der Waals surface area (Å²) in [5.74, 6) is -1.84. The molecule has 11 heteroatoms. The molecule has 1 amide bonds. The van der Waals surface area contributed by atoms with E-state index in [0.717, 1.165) is 13.2 Å². The first-order valence-electron chi connectivity index (χ1n) is 9.41. The zero-order valence-corrected chi connectivity index (χ0v) is 16.5. The maximum atomic E-state index is 13.0. The van der Waals surface area contributed by atoms with E-state index in [1.54, 1.807) is 30.3 Å². The SMILES string of the molecule is COC(=O)[C@H](OC(=O)Oc1c2n(ccc1=O)NC1COCCN1C2=O)c1ccccc1. The average Bonchev–Trinajstić information content (AvgIpc) is 2.79. The summed E-state index contributed by atoms with van der Waals surface area (Å²) >= 11 is 0. The number of aromatic nitrogens is 1. The molecule has 0 aliphatic carbocycles. The molecule has 0 saturated carbocycles. The molecule has 2 aliphatic rings. The number of hydrogen-bond donors (Lipinski definition) is 1. The number of carbonyl (C=O) groups is 3. The van der Waals surface area contributed by atoms with Gasteiger partial charge in [0.15, 0.2) is 5.69 Å². The Morgan fingerprint density at radius 2 is 1.97 bits per heavy atom. The minimum Gasteiger partial charge on any atom is -0.466 e. The van der Waals surface area contributed by atoms with Crippen molar-refractivity contribution in [3.8, 4) is 5.75 Å². The summed E-state index contributed by atoms with van der Waals surface area (Å²) in [6.07, 6.45) is -1.79. The molecule has 0 spiro atoms. The van der Waals surface area contributed by atoms with Crippen LogP contribution in [0.25, 0.3) is 0 Å². The number of fused-ring (bicyclic) bond motifs is 2. The Morgan fingerprint density at radius 3 is 2.71 bits per heavy atom. The fourth-order valence-electron chi connectivity index (χ4n) is 3.37. The van der Waals surface area contributed by atoms with Gasteiger partial charge in [0.2, 0.25) is 17.3 Å². The van der Waals surface area contributed by atoms with Crippen LogP contribution in [0.2, 0.25) is 0 Å². The molecular weight excluding hydrogens is 410 g/mol. The molecule has 162 valence electrons. The normalized spacial score (nSPS) is 18.2. The second-order valence-corrected chi connectivity index (χ2v) is 6.73. The highest BCUT2D eigenvalue weighted by Gasteiger charge is 2.38. The van der Waals surface area contributed by atoms with Crippen LogP contribution in [0.1, 0.15) is 22.2 Å². The first kappa shape index (κ1) is 20.4. The Bertz CT molecular complexity index is 1070. The lowest BCUT2D eigenvalue weighted by Crippen LogP contribution is -2.59. The highest BCUT2D eigenvalue weighted by Crippen LogP contribution is 2.24. The Labute approximate surface area is 176 Å². The summed E-state index contributed by atoms with van der Waals surface area (Å²) in [6.45, 7) is 0.923. The molecule has 1 fully saturated rings.